The lowest BCUT2D eigenvalue weighted by molar-refractivity contribution is 0.0693. The van der Waals surface area contributed by atoms with Gasteiger partial charge in [0.2, 0.25) is 0 Å². The largest absolute Gasteiger partial charge is 0.507 e. The van der Waals surface area contributed by atoms with Crippen molar-refractivity contribution in [2.75, 3.05) is 7.11 Å². The summed E-state index contributed by atoms with van der Waals surface area (Å²) in [6, 6.07) is 11.4. The zero-order valence-electron chi connectivity index (χ0n) is 15.8. The highest BCUT2D eigenvalue weighted by molar-refractivity contribution is 5.96. The maximum Gasteiger partial charge on any atom is 0.340 e. The first-order chi connectivity index (χ1) is 12.9. The number of methoxy groups -OCH3 is 1. The number of carbonyl (C=O) groups is 1. The number of carboxylic acid groups (broad SMARTS) is 1. The van der Waals surface area contributed by atoms with Crippen molar-refractivity contribution in [3.63, 3.8) is 0 Å². The first-order valence-electron chi connectivity index (χ1n) is 8.63. The second-order valence-electron chi connectivity index (χ2n) is 6.29. The first-order valence-corrected chi connectivity index (χ1v) is 8.63. The highest BCUT2D eigenvalue weighted by atomic mass is 16.5. The lowest BCUT2D eigenvalue weighted by Crippen LogP contribution is -2.04. The van der Waals surface area contributed by atoms with Crippen LogP contribution in [-0.4, -0.2) is 23.3 Å². The van der Waals surface area contributed by atoms with E-state index in [0.717, 1.165) is 11.1 Å². The number of benzene rings is 2. The number of ether oxygens (including phenoxy) is 1. The molecular formula is C23H24O4. The van der Waals surface area contributed by atoms with E-state index in [1.54, 1.807) is 18.2 Å². The fourth-order valence-corrected chi connectivity index (χ4v) is 2.64. The van der Waals surface area contributed by atoms with E-state index in [4.69, 9.17) is 4.74 Å². The van der Waals surface area contributed by atoms with Crippen LogP contribution in [0.4, 0.5) is 0 Å². The average molecular weight is 364 g/mol. The zero-order valence-corrected chi connectivity index (χ0v) is 15.8. The molecule has 4 heteroatoms. The Morgan fingerprint density at radius 2 is 1.78 bits per heavy atom. The molecule has 0 saturated heterocycles. The molecule has 0 bridgehead atoms. The molecule has 0 unspecified atom stereocenters. The van der Waals surface area contributed by atoms with Gasteiger partial charge in [0, 0.05) is 5.56 Å². The Balaban J connectivity index is 2.41. The quantitative estimate of drug-likeness (QED) is 0.514. The fraction of sp³-hybridized carbons (Fsp3) is 0.174. The summed E-state index contributed by atoms with van der Waals surface area (Å²) >= 11 is 0. The van der Waals surface area contributed by atoms with Crippen LogP contribution >= 0.6 is 0 Å². The molecule has 0 aromatic heterocycles. The van der Waals surface area contributed by atoms with E-state index in [-0.39, 0.29) is 11.3 Å². The Hall–Kier alpha value is -3.27. The van der Waals surface area contributed by atoms with Crippen LogP contribution < -0.4 is 4.74 Å². The van der Waals surface area contributed by atoms with Gasteiger partial charge in [-0.2, -0.15) is 0 Å². The summed E-state index contributed by atoms with van der Waals surface area (Å²) in [6.45, 7) is 3.88. The molecule has 0 aliphatic heterocycles. The van der Waals surface area contributed by atoms with Crippen molar-refractivity contribution >= 4 is 18.1 Å². The standard InChI is InChI=1S/C23H24O4/c1-16(2)13-14-19-20(27-3)15-18(21(22(19)24)23(25)26)12-8-7-11-17-9-5-4-6-10-17/h4-13,15,24H,14H2,1-3H3,(H,25,26). The summed E-state index contributed by atoms with van der Waals surface area (Å²) in [7, 11) is 1.50. The minimum absolute atomic E-state index is 0.127. The van der Waals surface area contributed by atoms with E-state index in [9.17, 15) is 15.0 Å². The van der Waals surface area contributed by atoms with E-state index in [0.29, 0.717) is 23.3 Å². The molecule has 2 N–H and O–H groups in total. The lowest BCUT2D eigenvalue weighted by atomic mass is 9.98. The maximum atomic E-state index is 11.7. The normalized spacial score (nSPS) is 11.1. The number of hydrogen-bond acceptors (Lipinski definition) is 3. The number of phenols is 1. The van der Waals surface area contributed by atoms with Crippen LogP contribution in [0.1, 0.15) is 40.9 Å². The molecule has 0 amide bonds. The van der Waals surface area contributed by atoms with E-state index in [1.165, 1.54) is 7.11 Å². The second kappa shape index (κ2) is 9.43. The van der Waals surface area contributed by atoms with Gasteiger partial charge in [0.15, 0.2) is 0 Å². The number of rotatable bonds is 7. The molecule has 0 heterocycles. The molecule has 0 spiro atoms. The van der Waals surface area contributed by atoms with Crippen LogP contribution in [-0.2, 0) is 6.42 Å². The predicted octanol–water partition coefficient (Wildman–Crippen LogP) is 5.33. The summed E-state index contributed by atoms with van der Waals surface area (Å²) in [4.78, 5) is 11.7. The van der Waals surface area contributed by atoms with E-state index < -0.39 is 5.97 Å². The molecule has 4 nitrogen and oxygen atoms in total. The van der Waals surface area contributed by atoms with Crippen LogP contribution in [0, 0.1) is 0 Å². The highest BCUT2D eigenvalue weighted by Gasteiger charge is 2.21. The van der Waals surface area contributed by atoms with Crippen molar-refractivity contribution in [2.45, 2.75) is 20.3 Å². The van der Waals surface area contributed by atoms with Gasteiger partial charge in [-0.15, -0.1) is 0 Å². The van der Waals surface area contributed by atoms with Gasteiger partial charge in [0.05, 0.1) is 7.11 Å². The molecule has 0 aliphatic carbocycles. The molecule has 0 aliphatic rings. The topological polar surface area (TPSA) is 66.8 Å². The number of aromatic hydroxyl groups is 1. The Labute approximate surface area is 159 Å². The Kier molecular flexibility index (Phi) is 7.00. The number of allylic oxidation sites excluding steroid dienone is 4. The molecule has 0 radical (unpaired) electrons. The molecule has 140 valence electrons. The molecule has 2 rings (SSSR count). The number of carboxylic acids is 1. The highest BCUT2D eigenvalue weighted by Crippen LogP contribution is 2.36. The number of hydrogen-bond donors (Lipinski definition) is 2. The van der Waals surface area contributed by atoms with Crippen LogP contribution in [0.15, 0.2) is 60.2 Å². The van der Waals surface area contributed by atoms with Gasteiger partial charge in [-0.25, -0.2) is 4.79 Å². The van der Waals surface area contributed by atoms with Crippen molar-refractivity contribution < 1.29 is 19.7 Å². The van der Waals surface area contributed by atoms with Crippen LogP contribution in [0.3, 0.4) is 0 Å². The molecule has 2 aromatic rings. The molecular weight excluding hydrogens is 340 g/mol. The monoisotopic (exact) mass is 364 g/mol. The molecule has 0 saturated carbocycles. The SMILES string of the molecule is COc1cc(C=CC=Cc2ccccc2)c(C(=O)O)c(O)c1CC=C(C)C. The van der Waals surface area contributed by atoms with Crippen molar-refractivity contribution in [1.29, 1.82) is 0 Å². The average Bonchev–Trinajstić information content (AvgIpc) is 2.64. The Morgan fingerprint density at radius 1 is 1.11 bits per heavy atom. The van der Waals surface area contributed by atoms with Crippen molar-refractivity contribution in [3.8, 4) is 11.5 Å². The second-order valence-corrected chi connectivity index (χ2v) is 6.29. The van der Waals surface area contributed by atoms with Crippen molar-refractivity contribution in [1.82, 2.24) is 0 Å². The van der Waals surface area contributed by atoms with Crippen LogP contribution in [0.5, 0.6) is 11.5 Å². The lowest BCUT2D eigenvalue weighted by Gasteiger charge is -2.14. The van der Waals surface area contributed by atoms with Crippen LogP contribution in [0.25, 0.3) is 12.2 Å². The zero-order chi connectivity index (χ0) is 19.8. The van der Waals surface area contributed by atoms with E-state index in [2.05, 4.69) is 0 Å². The van der Waals surface area contributed by atoms with Gasteiger partial charge >= 0.3 is 5.97 Å². The smallest absolute Gasteiger partial charge is 0.340 e. The first kappa shape index (κ1) is 20.0. The van der Waals surface area contributed by atoms with Gasteiger partial charge in [0.25, 0.3) is 0 Å². The predicted molar refractivity (Wildman–Crippen MR) is 109 cm³/mol. The summed E-state index contributed by atoms with van der Waals surface area (Å²) in [5.74, 6) is -0.979. The van der Waals surface area contributed by atoms with Crippen molar-refractivity contribution in [2.24, 2.45) is 0 Å². The maximum absolute atomic E-state index is 11.7. The third-order valence-corrected chi connectivity index (χ3v) is 4.02. The summed E-state index contributed by atoms with van der Waals surface area (Å²) in [5.41, 5.74) is 2.84. The molecule has 0 atom stereocenters. The summed E-state index contributed by atoms with van der Waals surface area (Å²) in [6.07, 6.45) is 9.44. The van der Waals surface area contributed by atoms with Gasteiger partial charge in [-0.05, 0) is 37.5 Å². The molecule has 27 heavy (non-hydrogen) atoms. The third kappa shape index (κ3) is 5.35. The summed E-state index contributed by atoms with van der Waals surface area (Å²) < 4.78 is 5.38. The molecule has 0 fully saturated rings. The van der Waals surface area contributed by atoms with E-state index in [1.807, 2.05) is 62.4 Å². The molecule has 2 aromatic carbocycles. The van der Waals surface area contributed by atoms with Gasteiger partial charge < -0.3 is 14.9 Å². The third-order valence-electron chi connectivity index (χ3n) is 4.02. The summed E-state index contributed by atoms with van der Waals surface area (Å²) in [5, 5.41) is 20.1. The van der Waals surface area contributed by atoms with Gasteiger partial charge in [-0.3, -0.25) is 0 Å². The number of aromatic carboxylic acids is 1. The Morgan fingerprint density at radius 3 is 2.37 bits per heavy atom. The van der Waals surface area contributed by atoms with Crippen LogP contribution in [0.2, 0.25) is 0 Å². The minimum Gasteiger partial charge on any atom is -0.507 e. The Bertz CT molecular complexity index is 886. The van der Waals surface area contributed by atoms with Gasteiger partial charge in [-0.1, -0.05) is 66.3 Å². The van der Waals surface area contributed by atoms with Crippen molar-refractivity contribution in [3.05, 3.63) is 82.5 Å². The minimum atomic E-state index is -1.18. The van der Waals surface area contributed by atoms with E-state index >= 15 is 0 Å². The fourth-order valence-electron chi connectivity index (χ4n) is 2.64. The van der Waals surface area contributed by atoms with Gasteiger partial charge in [0.1, 0.15) is 17.1 Å².